The molecule has 0 radical (unpaired) electrons. The van der Waals surface area contributed by atoms with Gasteiger partial charge in [-0.15, -0.1) is 0 Å². The van der Waals surface area contributed by atoms with Gasteiger partial charge in [-0.05, 0) is 116 Å². The van der Waals surface area contributed by atoms with E-state index < -0.39 is 16.2 Å². The summed E-state index contributed by atoms with van der Waals surface area (Å²) in [4.78, 5) is 30.1. The van der Waals surface area contributed by atoms with Crippen LogP contribution in [-0.2, 0) is 16.0 Å². The van der Waals surface area contributed by atoms with E-state index in [1.165, 1.54) is 23.3 Å². The normalized spacial score (nSPS) is 25.2. The second kappa shape index (κ2) is 12.7. The van der Waals surface area contributed by atoms with Crippen LogP contribution in [0.2, 0.25) is 0 Å². The number of allylic oxidation sites excluding steroid dienone is 9. The van der Waals surface area contributed by atoms with Crippen molar-refractivity contribution in [1.29, 1.82) is 0 Å². The Morgan fingerprint density at radius 1 is 0.930 bits per heavy atom. The van der Waals surface area contributed by atoms with Crippen LogP contribution in [-0.4, -0.2) is 26.9 Å². The van der Waals surface area contributed by atoms with Gasteiger partial charge in [-0.1, -0.05) is 67.0 Å². The zero-order chi connectivity index (χ0) is 32.5. The lowest BCUT2D eigenvalue weighted by atomic mass is 9.39. The highest BCUT2D eigenvalue weighted by Gasteiger charge is 2.71. The molecule has 5 nitrogen and oxygen atoms in total. The summed E-state index contributed by atoms with van der Waals surface area (Å²) >= 11 is 0. The molecule has 0 spiro atoms. The van der Waals surface area contributed by atoms with E-state index in [2.05, 4.69) is 46.4 Å². The lowest BCUT2D eigenvalue weighted by molar-refractivity contribution is -0.173. The second-order valence-electron chi connectivity index (χ2n) is 14.4. The largest absolute Gasteiger partial charge is 0.511 e. The summed E-state index contributed by atoms with van der Waals surface area (Å²) in [6, 6.07) is 4.43. The van der Waals surface area contributed by atoms with Gasteiger partial charge in [0.1, 0.15) is 11.2 Å². The highest BCUT2D eigenvalue weighted by Crippen LogP contribution is 2.67. The van der Waals surface area contributed by atoms with Crippen molar-refractivity contribution in [3.8, 4) is 11.5 Å². The fourth-order valence-electron chi connectivity index (χ4n) is 7.21. The topological polar surface area (TPSA) is 94.8 Å². The molecular weight excluding hydrogens is 536 g/mol. The molecule has 1 aromatic rings. The zero-order valence-electron chi connectivity index (χ0n) is 27.7. The number of rotatable bonds is 11. The fraction of sp³-hybridized carbons (Fsp3) is 0.526. The minimum Gasteiger partial charge on any atom is -0.511 e. The Morgan fingerprint density at radius 3 is 2.07 bits per heavy atom. The molecule has 43 heavy (non-hydrogen) atoms. The average molecular weight is 589 g/mol. The Kier molecular flexibility index (Phi) is 10.1. The zero-order valence-corrected chi connectivity index (χ0v) is 27.7. The SMILES string of the molecule is C=C(C)C(CC=C(C)C)CC12CC(CC=C(C)C)C(C)(C)C(CC=C(C)C)(C(=O)C(Cc3ccc(O)c(O)c3)=C1O)C2=O. The summed E-state index contributed by atoms with van der Waals surface area (Å²) in [5.41, 5.74) is 1.77. The second-order valence-corrected chi connectivity index (χ2v) is 14.4. The molecule has 3 rings (SSSR count). The number of hydrogen-bond acceptors (Lipinski definition) is 5. The van der Waals surface area contributed by atoms with Crippen molar-refractivity contribution >= 4 is 11.6 Å². The Hall–Kier alpha value is -3.34. The van der Waals surface area contributed by atoms with Gasteiger partial charge in [0, 0.05) is 12.0 Å². The number of fused-ring (bicyclic) bond motifs is 2. The molecule has 5 heteroatoms. The van der Waals surface area contributed by atoms with Gasteiger partial charge in [0.15, 0.2) is 23.1 Å². The van der Waals surface area contributed by atoms with Crippen molar-refractivity contribution in [2.75, 3.05) is 0 Å². The van der Waals surface area contributed by atoms with Crippen LogP contribution in [0.4, 0.5) is 0 Å². The minimum absolute atomic E-state index is 0.0368. The number of ketones is 2. The van der Waals surface area contributed by atoms with E-state index in [1.54, 1.807) is 6.07 Å². The van der Waals surface area contributed by atoms with E-state index in [1.807, 2.05) is 40.7 Å². The number of Topliss-reactive ketones (excluding diaryl/α,β-unsaturated/α-hetero) is 2. The number of aliphatic hydroxyl groups excluding tert-OH is 1. The molecular formula is C38H52O5. The molecule has 0 heterocycles. The average Bonchev–Trinajstić information content (AvgIpc) is 2.90. The summed E-state index contributed by atoms with van der Waals surface area (Å²) in [7, 11) is 0. The third-order valence-electron chi connectivity index (χ3n) is 10.1. The first-order valence-electron chi connectivity index (χ1n) is 15.5. The first kappa shape index (κ1) is 34.2. The molecule has 4 unspecified atom stereocenters. The van der Waals surface area contributed by atoms with Crippen LogP contribution < -0.4 is 0 Å². The van der Waals surface area contributed by atoms with Gasteiger partial charge >= 0.3 is 0 Å². The molecule has 3 N–H and O–H groups in total. The van der Waals surface area contributed by atoms with Crippen LogP contribution in [0.5, 0.6) is 11.5 Å². The van der Waals surface area contributed by atoms with Crippen LogP contribution in [0.15, 0.2) is 76.6 Å². The summed E-state index contributed by atoms with van der Waals surface area (Å²) < 4.78 is 0. The number of phenols is 2. The van der Waals surface area contributed by atoms with Crippen molar-refractivity contribution in [3.05, 3.63) is 82.2 Å². The number of benzene rings is 1. The van der Waals surface area contributed by atoms with Crippen molar-refractivity contribution in [1.82, 2.24) is 0 Å². The third-order valence-corrected chi connectivity index (χ3v) is 10.1. The summed E-state index contributed by atoms with van der Waals surface area (Å²) in [6.07, 6.45) is 8.84. The third kappa shape index (κ3) is 6.32. The van der Waals surface area contributed by atoms with E-state index in [9.17, 15) is 20.1 Å². The highest BCUT2D eigenvalue weighted by molar-refractivity contribution is 6.21. The maximum atomic E-state index is 15.2. The number of phenolic OH excluding ortho intramolecular Hbond substituents is 2. The van der Waals surface area contributed by atoms with Crippen LogP contribution in [0.3, 0.4) is 0 Å². The van der Waals surface area contributed by atoms with E-state index in [0.717, 1.165) is 11.1 Å². The standard InChI is InChI=1S/C38H52O5/c1-23(2)11-14-28(26(7)8)21-37-22-29(15-12-24(3)4)36(9,10)38(35(37)43,18-17-25(5)6)34(42)30(33(37)41)19-27-13-16-31(39)32(40)20-27/h11-13,16-17,20,28-29,39-41H,7,14-15,18-19,21-22H2,1-6,8-10H3. The lowest BCUT2D eigenvalue weighted by Crippen LogP contribution is -2.67. The molecule has 0 saturated heterocycles. The molecule has 0 aromatic heterocycles. The fourth-order valence-corrected chi connectivity index (χ4v) is 7.21. The Morgan fingerprint density at radius 2 is 1.53 bits per heavy atom. The smallest absolute Gasteiger partial charge is 0.176 e. The van der Waals surface area contributed by atoms with Gasteiger partial charge in [-0.25, -0.2) is 0 Å². The van der Waals surface area contributed by atoms with Crippen molar-refractivity contribution < 1.29 is 24.9 Å². The summed E-state index contributed by atoms with van der Waals surface area (Å²) in [6.45, 7) is 22.5. The molecule has 1 aromatic carbocycles. The van der Waals surface area contributed by atoms with Crippen molar-refractivity contribution in [2.24, 2.45) is 28.1 Å². The first-order valence-corrected chi connectivity index (χ1v) is 15.5. The molecule has 1 saturated carbocycles. The maximum Gasteiger partial charge on any atom is 0.176 e. The highest BCUT2D eigenvalue weighted by atomic mass is 16.3. The van der Waals surface area contributed by atoms with Crippen LogP contribution >= 0.6 is 0 Å². The van der Waals surface area contributed by atoms with E-state index >= 15 is 4.79 Å². The number of hydrogen-bond donors (Lipinski definition) is 3. The van der Waals surface area contributed by atoms with Gasteiger partial charge < -0.3 is 15.3 Å². The molecule has 234 valence electrons. The Labute approximate surface area is 258 Å². The van der Waals surface area contributed by atoms with Crippen LogP contribution in [0.25, 0.3) is 0 Å². The maximum absolute atomic E-state index is 15.2. The summed E-state index contributed by atoms with van der Waals surface area (Å²) in [5, 5.41) is 32.4. The molecule has 1 fully saturated rings. The minimum atomic E-state index is -1.38. The van der Waals surface area contributed by atoms with Gasteiger partial charge in [0.25, 0.3) is 0 Å². The van der Waals surface area contributed by atoms with Gasteiger partial charge in [-0.2, -0.15) is 0 Å². The Bertz CT molecular complexity index is 1410. The molecule has 2 bridgehead atoms. The predicted octanol–water partition coefficient (Wildman–Crippen LogP) is 9.27. The van der Waals surface area contributed by atoms with Crippen LogP contribution in [0, 0.1) is 28.1 Å². The lowest BCUT2D eigenvalue weighted by Gasteiger charge is -2.61. The Balaban J connectivity index is 2.40. The van der Waals surface area contributed by atoms with E-state index in [4.69, 9.17) is 0 Å². The monoisotopic (exact) mass is 588 g/mol. The molecule has 2 aliphatic rings. The van der Waals surface area contributed by atoms with Gasteiger partial charge in [0.2, 0.25) is 0 Å². The van der Waals surface area contributed by atoms with E-state index in [-0.39, 0.29) is 59.1 Å². The van der Waals surface area contributed by atoms with Gasteiger partial charge in [-0.3, -0.25) is 9.59 Å². The number of aromatic hydroxyl groups is 2. The number of carbonyl (C=O) groups is 2. The molecule has 4 atom stereocenters. The van der Waals surface area contributed by atoms with Crippen molar-refractivity contribution in [3.63, 3.8) is 0 Å². The van der Waals surface area contributed by atoms with E-state index in [0.29, 0.717) is 31.2 Å². The molecule has 0 aliphatic heterocycles. The number of carbonyl (C=O) groups excluding carboxylic acids is 2. The number of aliphatic hydroxyl groups is 1. The van der Waals surface area contributed by atoms with Gasteiger partial charge in [0.05, 0.1) is 5.41 Å². The molecule has 0 amide bonds. The quantitative estimate of drug-likeness (QED) is 0.136. The van der Waals surface area contributed by atoms with Crippen LogP contribution in [0.1, 0.15) is 100.0 Å². The predicted molar refractivity (Wildman–Crippen MR) is 175 cm³/mol. The summed E-state index contributed by atoms with van der Waals surface area (Å²) in [5.74, 6) is -1.31. The van der Waals surface area contributed by atoms with Crippen molar-refractivity contribution in [2.45, 2.75) is 101 Å². The first-order chi connectivity index (χ1) is 19.9. The molecule has 2 aliphatic carbocycles.